The Kier molecular flexibility index (Phi) is 7.18. The van der Waals surface area contributed by atoms with Gasteiger partial charge in [0.1, 0.15) is 5.01 Å². The largest absolute Gasteiger partial charge is 0.494 e. The summed E-state index contributed by atoms with van der Waals surface area (Å²) in [5.41, 5.74) is 0.825. The highest BCUT2D eigenvalue weighted by molar-refractivity contribution is 7.11. The lowest BCUT2D eigenvalue weighted by Gasteiger charge is -2.18. The van der Waals surface area contributed by atoms with Crippen molar-refractivity contribution in [2.45, 2.75) is 39.8 Å². The van der Waals surface area contributed by atoms with Crippen molar-refractivity contribution in [3.63, 3.8) is 0 Å². The number of aliphatic imine (C=N–C) groups is 1. The van der Waals surface area contributed by atoms with Crippen LogP contribution in [0.3, 0.4) is 0 Å². The first kappa shape index (κ1) is 19.2. The molecule has 7 heteroatoms. The van der Waals surface area contributed by atoms with Crippen LogP contribution in [0.25, 0.3) is 0 Å². The summed E-state index contributed by atoms with van der Waals surface area (Å²) in [7, 11) is 1.46. The summed E-state index contributed by atoms with van der Waals surface area (Å²) >= 11 is 1.68. The van der Waals surface area contributed by atoms with Gasteiger partial charge in [-0.1, -0.05) is 13.0 Å². The Morgan fingerprint density at radius 1 is 1.40 bits per heavy atom. The Bertz CT molecular complexity index is 717. The van der Waals surface area contributed by atoms with Crippen molar-refractivity contribution in [2.24, 2.45) is 4.99 Å². The number of nitrogens with zero attached hydrogens (tertiary/aromatic N) is 2. The van der Waals surface area contributed by atoms with Crippen molar-refractivity contribution in [1.29, 1.82) is 0 Å². The lowest BCUT2D eigenvalue weighted by Crippen LogP contribution is -2.38. The van der Waals surface area contributed by atoms with Gasteiger partial charge >= 0.3 is 0 Å². The lowest BCUT2D eigenvalue weighted by molar-refractivity contribution is 0.386. The minimum Gasteiger partial charge on any atom is -0.494 e. The molecule has 1 heterocycles. The predicted octanol–water partition coefficient (Wildman–Crippen LogP) is 3.67. The van der Waals surface area contributed by atoms with Crippen molar-refractivity contribution < 1.29 is 9.13 Å². The number of halogens is 1. The molecule has 0 aliphatic rings. The third-order valence-corrected chi connectivity index (χ3v) is 4.82. The van der Waals surface area contributed by atoms with Gasteiger partial charge in [-0.05, 0) is 38.0 Å². The van der Waals surface area contributed by atoms with Gasteiger partial charge in [0.15, 0.2) is 17.5 Å². The van der Waals surface area contributed by atoms with Crippen LogP contribution in [0.4, 0.5) is 4.39 Å². The Balaban J connectivity index is 2.06. The minimum absolute atomic E-state index is 0.0966. The van der Waals surface area contributed by atoms with Gasteiger partial charge in [-0.25, -0.2) is 14.4 Å². The topological polar surface area (TPSA) is 58.5 Å². The van der Waals surface area contributed by atoms with Crippen LogP contribution in [0.15, 0.2) is 29.4 Å². The summed E-state index contributed by atoms with van der Waals surface area (Å²) in [6.45, 7) is 7.35. The Labute approximate surface area is 152 Å². The second-order valence-electron chi connectivity index (χ2n) is 5.53. The molecule has 0 saturated carbocycles. The molecule has 1 atom stereocenters. The number of guanidine groups is 1. The molecule has 2 rings (SSSR count). The highest BCUT2D eigenvalue weighted by Crippen LogP contribution is 2.21. The van der Waals surface area contributed by atoms with Crippen LogP contribution in [0.1, 0.15) is 42.3 Å². The fourth-order valence-electron chi connectivity index (χ4n) is 2.29. The lowest BCUT2D eigenvalue weighted by atomic mass is 10.1. The first-order valence-corrected chi connectivity index (χ1v) is 9.20. The Morgan fingerprint density at radius 3 is 2.80 bits per heavy atom. The molecular formula is C18H25FN4OS. The van der Waals surface area contributed by atoms with Gasteiger partial charge in [0.2, 0.25) is 0 Å². The molecule has 1 unspecified atom stereocenters. The van der Waals surface area contributed by atoms with E-state index in [1.807, 2.05) is 26.1 Å². The van der Waals surface area contributed by atoms with E-state index >= 15 is 0 Å². The minimum atomic E-state index is -0.370. The number of benzene rings is 1. The third-order valence-electron chi connectivity index (χ3n) is 3.70. The van der Waals surface area contributed by atoms with E-state index < -0.39 is 0 Å². The molecule has 2 aromatic rings. The van der Waals surface area contributed by atoms with Crippen LogP contribution in [0, 0.1) is 5.82 Å². The van der Waals surface area contributed by atoms with Gasteiger partial charge in [-0.2, -0.15) is 0 Å². The quantitative estimate of drug-likeness (QED) is 0.581. The summed E-state index contributed by atoms with van der Waals surface area (Å²) < 4.78 is 18.9. The molecule has 0 aliphatic heterocycles. The predicted molar refractivity (Wildman–Crippen MR) is 101 cm³/mol. The SMILES string of the molecule is CCNC(=NCc1ncc(CC)s1)NC(C)c1ccc(OC)c(F)c1. The number of thiazole rings is 1. The molecule has 0 aliphatic carbocycles. The van der Waals surface area contributed by atoms with E-state index in [2.05, 4.69) is 27.5 Å². The maximum atomic E-state index is 13.9. The van der Waals surface area contributed by atoms with E-state index in [-0.39, 0.29) is 17.6 Å². The van der Waals surface area contributed by atoms with Crippen LogP contribution < -0.4 is 15.4 Å². The van der Waals surface area contributed by atoms with E-state index in [1.165, 1.54) is 18.1 Å². The zero-order chi connectivity index (χ0) is 18.2. The molecule has 0 spiro atoms. The molecule has 1 aromatic carbocycles. The van der Waals surface area contributed by atoms with Crippen molar-refractivity contribution >= 4 is 17.3 Å². The first-order chi connectivity index (χ1) is 12.1. The van der Waals surface area contributed by atoms with Crippen molar-refractivity contribution in [3.05, 3.63) is 45.7 Å². The van der Waals surface area contributed by atoms with Gasteiger partial charge in [-0.15, -0.1) is 11.3 Å². The summed E-state index contributed by atoms with van der Waals surface area (Å²) in [5, 5.41) is 7.49. The molecule has 0 radical (unpaired) electrons. The zero-order valence-electron chi connectivity index (χ0n) is 15.1. The second-order valence-corrected chi connectivity index (χ2v) is 6.73. The summed E-state index contributed by atoms with van der Waals surface area (Å²) in [4.78, 5) is 10.2. The van der Waals surface area contributed by atoms with Crippen LogP contribution in [-0.2, 0) is 13.0 Å². The van der Waals surface area contributed by atoms with E-state index in [4.69, 9.17) is 4.74 Å². The van der Waals surface area contributed by atoms with Crippen LogP contribution in [0.2, 0.25) is 0 Å². The number of aromatic nitrogens is 1. The molecular weight excluding hydrogens is 339 g/mol. The van der Waals surface area contributed by atoms with Crippen LogP contribution in [-0.4, -0.2) is 24.6 Å². The molecule has 0 saturated heterocycles. The smallest absolute Gasteiger partial charge is 0.192 e. The number of rotatable bonds is 7. The van der Waals surface area contributed by atoms with E-state index in [1.54, 1.807) is 17.4 Å². The van der Waals surface area contributed by atoms with Crippen molar-refractivity contribution in [3.8, 4) is 5.75 Å². The zero-order valence-corrected chi connectivity index (χ0v) is 15.9. The second kappa shape index (κ2) is 9.36. The van der Waals surface area contributed by atoms with Gasteiger partial charge in [0.05, 0.1) is 19.7 Å². The van der Waals surface area contributed by atoms with Gasteiger partial charge in [0, 0.05) is 17.6 Å². The molecule has 25 heavy (non-hydrogen) atoms. The maximum Gasteiger partial charge on any atom is 0.192 e. The van der Waals surface area contributed by atoms with E-state index in [9.17, 15) is 4.39 Å². The summed E-state index contributed by atoms with van der Waals surface area (Å²) in [6.07, 6.45) is 2.89. The molecule has 1 aromatic heterocycles. The molecule has 0 fully saturated rings. The normalized spacial score (nSPS) is 12.8. The van der Waals surface area contributed by atoms with Crippen LogP contribution in [0.5, 0.6) is 5.75 Å². The summed E-state index contributed by atoms with van der Waals surface area (Å²) in [6, 6.07) is 4.86. The fourth-order valence-corrected chi connectivity index (χ4v) is 3.08. The Hall–Kier alpha value is -2.15. The Morgan fingerprint density at radius 2 is 2.20 bits per heavy atom. The van der Waals surface area contributed by atoms with E-state index in [0.717, 1.165) is 23.5 Å². The molecule has 136 valence electrons. The highest BCUT2D eigenvalue weighted by atomic mass is 32.1. The molecule has 0 amide bonds. The number of ether oxygens (including phenoxy) is 1. The van der Waals surface area contributed by atoms with E-state index in [0.29, 0.717) is 12.5 Å². The van der Waals surface area contributed by atoms with Crippen LogP contribution >= 0.6 is 11.3 Å². The number of methoxy groups -OCH3 is 1. The van der Waals surface area contributed by atoms with Gasteiger partial charge < -0.3 is 15.4 Å². The monoisotopic (exact) mass is 364 g/mol. The third kappa shape index (κ3) is 5.42. The average molecular weight is 364 g/mol. The van der Waals surface area contributed by atoms with Gasteiger partial charge in [0.25, 0.3) is 0 Å². The average Bonchev–Trinajstić information content (AvgIpc) is 3.07. The maximum absolute atomic E-state index is 13.9. The van der Waals surface area contributed by atoms with Crippen molar-refractivity contribution in [2.75, 3.05) is 13.7 Å². The van der Waals surface area contributed by atoms with Gasteiger partial charge in [-0.3, -0.25) is 0 Å². The first-order valence-electron chi connectivity index (χ1n) is 8.39. The van der Waals surface area contributed by atoms with Crippen molar-refractivity contribution in [1.82, 2.24) is 15.6 Å². The number of aryl methyl sites for hydroxylation is 1. The standard InChI is InChI=1S/C18H25FN4OS/c1-5-14-10-21-17(25-14)11-22-18(20-6-2)23-12(3)13-7-8-16(24-4)15(19)9-13/h7-10,12H,5-6,11H2,1-4H3,(H2,20,22,23). The summed E-state index contributed by atoms with van der Waals surface area (Å²) in [5.74, 6) is 0.553. The number of nitrogens with one attached hydrogen (secondary N) is 2. The fraction of sp³-hybridized carbons (Fsp3) is 0.444. The molecule has 2 N–H and O–H groups in total. The number of hydrogen-bond acceptors (Lipinski definition) is 4. The highest BCUT2D eigenvalue weighted by Gasteiger charge is 2.11. The molecule has 5 nitrogen and oxygen atoms in total. The number of hydrogen-bond donors (Lipinski definition) is 2. The molecule has 0 bridgehead atoms.